The first kappa shape index (κ1) is 15.6. The molecule has 1 heterocycles. The second-order valence-electron chi connectivity index (χ2n) is 4.60. The Hall–Kier alpha value is -2.83. The number of carbonyl (C=O) groups is 1. The summed E-state index contributed by atoms with van der Waals surface area (Å²) >= 11 is 0. The van der Waals surface area contributed by atoms with Crippen LogP contribution in [0, 0.1) is 0 Å². The van der Waals surface area contributed by atoms with E-state index in [9.17, 15) is 4.79 Å². The molecule has 0 fully saturated rings. The highest BCUT2D eigenvalue weighted by Gasteiger charge is 2.19. The summed E-state index contributed by atoms with van der Waals surface area (Å²) in [5.74, 6) is 1.00. The molecule has 0 saturated heterocycles. The van der Waals surface area contributed by atoms with Crippen LogP contribution in [0.15, 0.2) is 30.6 Å². The number of carbonyl (C=O) groups excluding carboxylic acids is 1. The Morgan fingerprint density at radius 3 is 2.59 bits per heavy atom. The molecule has 1 amide bonds. The minimum Gasteiger partial charge on any atom is -0.493 e. The number of hydrogen-bond acceptors (Lipinski definition) is 6. The number of nitrogen functional groups attached to an aromatic ring is 1. The monoisotopic (exact) mass is 302 g/mol. The van der Waals surface area contributed by atoms with E-state index in [0.717, 1.165) is 5.56 Å². The van der Waals surface area contributed by atoms with Crippen LogP contribution in [-0.4, -0.2) is 42.0 Å². The molecule has 2 N–H and O–H groups in total. The van der Waals surface area contributed by atoms with Crippen LogP contribution in [-0.2, 0) is 6.54 Å². The highest BCUT2D eigenvalue weighted by atomic mass is 16.5. The van der Waals surface area contributed by atoms with Crippen molar-refractivity contribution in [3.05, 3.63) is 41.9 Å². The second-order valence-corrected chi connectivity index (χ2v) is 4.60. The first-order valence-electron chi connectivity index (χ1n) is 6.60. The predicted octanol–water partition coefficient (Wildman–Crippen LogP) is 1.35. The standard InChI is InChI=1S/C15H18N4O3/c1-19(15(20)12-14(16)18-8-7-17-12)9-10-5-4-6-11(21-2)13(10)22-3/h4-8H,9H2,1-3H3,(H2,16,18). The number of methoxy groups -OCH3 is 2. The van der Waals surface area contributed by atoms with Gasteiger partial charge in [0.2, 0.25) is 0 Å². The van der Waals surface area contributed by atoms with E-state index in [-0.39, 0.29) is 17.4 Å². The number of rotatable bonds is 5. The predicted molar refractivity (Wildman–Crippen MR) is 81.8 cm³/mol. The topological polar surface area (TPSA) is 90.6 Å². The van der Waals surface area contributed by atoms with Gasteiger partial charge in [-0.05, 0) is 6.07 Å². The van der Waals surface area contributed by atoms with Gasteiger partial charge in [0, 0.05) is 31.5 Å². The third-order valence-corrected chi connectivity index (χ3v) is 3.17. The van der Waals surface area contributed by atoms with Gasteiger partial charge in [-0.15, -0.1) is 0 Å². The molecule has 7 heteroatoms. The van der Waals surface area contributed by atoms with Crippen molar-refractivity contribution >= 4 is 11.7 Å². The number of nitrogens with zero attached hydrogens (tertiary/aromatic N) is 3. The van der Waals surface area contributed by atoms with Crippen molar-refractivity contribution in [2.24, 2.45) is 0 Å². The van der Waals surface area contributed by atoms with Crippen LogP contribution in [0.3, 0.4) is 0 Å². The average Bonchev–Trinajstić information content (AvgIpc) is 2.54. The molecule has 0 saturated carbocycles. The van der Waals surface area contributed by atoms with Gasteiger partial charge in [-0.1, -0.05) is 12.1 Å². The summed E-state index contributed by atoms with van der Waals surface area (Å²) in [4.78, 5) is 21.7. The van der Waals surface area contributed by atoms with Gasteiger partial charge in [0.05, 0.1) is 14.2 Å². The van der Waals surface area contributed by atoms with Gasteiger partial charge < -0.3 is 20.1 Å². The normalized spacial score (nSPS) is 10.1. The van der Waals surface area contributed by atoms with Crippen molar-refractivity contribution in [1.82, 2.24) is 14.9 Å². The maximum absolute atomic E-state index is 12.4. The van der Waals surface area contributed by atoms with Crippen molar-refractivity contribution in [2.75, 3.05) is 27.0 Å². The van der Waals surface area contributed by atoms with E-state index >= 15 is 0 Å². The lowest BCUT2D eigenvalue weighted by atomic mass is 10.1. The van der Waals surface area contributed by atoms with E-state index in [1.807, 2.05) is 12.1 Å². The number of ether oxygens (including phenoxy) is 2. The number of nitrogens with two attached hydrogens (primary N) is 1. The molecule has 0 unspecified atom stereocenters. The molecule has 0 aliphatic heterocycles. The Kier molecular flexibility index (Phi) is 4.77. The SMILES string of the molecule is COc1cccc(CN(C)C(=O)c2nccnc2N)c1OC. The number of benzene rings is 1. The maximum Gasteiger partial charge on any atom is 0.276 e. The van der Waals surface area contributed by atoms with Crippen LogP contribution in [0.4, 0.5) is 5.82 Å². The smallest absolute Gasteiger partial charge is 0.276 e. The Bertz CT molecular complexity index is 676. The lowest BCUT2D eigenvalue weighted by molar-refractivity contribution is 0.0779. The van der Waals surface area contributed by atoms with E-state index < -0.39 is 0 Å². The van der Waals surface area contributed by atoms with Crippen LogP contribution in [0.2, 0.25) is 0 Å². The summed E-state index contributed by atoms with van der Waals surface area (Å²) in [6.07, 6.45) is 2.88. The lowest BCUT2D eigenvalue weighted by Crippen LogP contribution is -2.28. The minimum atomic E-state index is -0.310. The summed E-state index contributed by atoms with van der Waals surface area (Å²) in [5.41, 5.74) is 6.64. The van der Waals surface area contributed by atoms with Crippen molar-refractivity contribution in [1.29, 1.82) is 0 Å². The number of aromatic nitrogens is 2. The van der Waals surface area contributed by atoms with Gasteiger partial charge in [0.25, 0.3) is 5.91 Å². The van der Waals surface area contributed by atoms with Crippen LogP contribution in [0.5, 0.6) is 11.5 Å². The zero-order chi connectivity index (χ0) is 16.1. The van der Waals surface area contributed by atoms with Crippen molar-refractivity contribution in [3.63, 3.8) is 0 Å². The highest BCUT2D eigenvalue weighted by molar-refractivity contribution is 5.96. The molecule has 0 bridgehead atoms. The third-order valence-electron chi connectivity index (χ3n) is 3.17. The average molecular weight is 302 g/mol. The zero-order valence-corrected chi connectivity index (χ0v) is 12.7. The van der Waals surface area contributed by atoms with Crippen molar-refractivity contribution in [2.45, 2.75) is 6.54 Å². The van der Waals surface area contributed by atoms with E-state index in [1.54, 1.807) is 27.3 Å². The zero-order valence-electron chi connectivity index (χ0n) is 12.7. The lowest BCUT2D eigenvalue weighted by Gasteiger charge is -2.19. The van der Waals surface area contributed by atoms with E-state index in [4.69, 9.17) is 15.2 Å². The molecular formula is C15H18N4O3. The van der Waals surface area contributed by atoms with Gasteiger partial charge in [0.1, 0.15) is 0 Å². The van der Waals surface area contributed by atoms with Gasteiger partial charge in [-0.25, -0.2) is 9.97 Å². The molecular weight excluding hydrogens is 284 g/mol. The molecule has 0 radical (unpaired) electrons. The Labute approximate surface area is 128 Å². The Morgan fingerprint density at radius 2 is 1.95 bits per heavy atom. The molecule has 22 heavy (non-hydrogen) atoms. The number of anilines is 1. The van der Waals surface area contributed by atoms with Gasteiger partial charge in [0.15, 0.2) is 23.0 Å². The Morgan fingerprint density at radius 1 is 1.23 bits per heavy atom. The summed E-state index contributed by atoms with van der Waals surface area (Å²) in [7, 11) is 4.79. The molecule has 2 rings (SSSR count). The van der Waals surface area contributed by atoms with Gasteiger partial charge in [-0.2, -0.15) is 0 Å². The van der Waals surface area contributed by atoms with E-state index in [2.05, 4.69) is 9.97 Å². The van der Waals surface area contributed by atoms with E-state index in [0.29, 0.717) is 18.0 Å². The van der Waals surface area contributed by atoms with Crippen LogP contribution in [0.25, 0.3) is 0 Å². The summed E-state index contributed by atoms with van der Waals surface area (Å²) < 4.78 is 10.6. The fraction of sp³-hybridized carbons (Fsp3) is 0.267. The first-order valence-corrected chi connectivity index (χ1v) is 6.60. The van der Waals surface area contributed by atoms with Crippen LogP contribution < -0.4 is 15.2 Å². The molecule has 0 aliphatic rings. The Balaban J connectivity index is 2.24. The third kappa shape index (κ3) is 3.08. The fourth-order valence-electron chi connectivity index (χ4n) is 2.10. The van der Waals surface area contributed by atoms with Crippen LogP contribution in [0.1, 0.15) is 16.1 Å². The number of hydrogen-bond donors (Lipinski definition) is 1. The number of para-hydroxylation sites is 1. The maximum atomic E-state index is 12.4. The molecule has 0 spiro atoms. The molecule has 0 aliphatic carbocycles. The number of amides is 1. The van der Waals surface area contributed by atoms with Gasteiger partial charge in [-0.3, -0.25) is 4.79 Å². The quantitative estimate of drug-likeness (QED) is 0.896. The fourth-order valence-corrected chi connectivity index (χ4v) is 2.10. The second kappa shape index (κ2) is 6.75. The largest absolute Gasteiger partial charge is 0.493 e. The molecule has 0 atom stereocenters. The molecule has 1 aromatic heterocycles. The molecule has 116 valence electrons. The van der Waals surface area contributed by atoms with Crippen LogP contribution >= 0.6 is 0 Å². The summed E-state index contributed by atoms with van der Waals surface area (Å²) in [6, 6.07) is 5.50. The molecule has 2 aromatic rings. The summed E-state index contributed by atoms with van der Waals surface area (Å²) in [5, 5.41) is 0. The van der Waals surface area contributed by atoms with Gasteiger partial charge >= 0.3 is 0 Å². The molecule has 7 nitrogen and oxygen atoms in total. The minimum absolute atomic E-state index is 0.108. The summed E-state index contributed by atoms with van der Waals surface area (Å²) in [6.45, 7) is 0.329. The van der Waals surface area contributed by atoms with Crippen molar-refractivity contribution < 1.29 is 14.3 Å². The van der Waals surface area contributed by atoms with E-state index in [1.165, 1.54) is 17.3 Å². The molecule has 1 aromatic carbocycles. The first-order chi connectivity index (χ1) is 10.6. The highest BCUT2D eigenvalue weighted by Crippen LogP contribution is 2.31. The van der Waals surface area contributed by atoms with Crippen molar-refractivity contribution in [3.8, 4) is 11.5 Å².